The van der Waals surface area contributed by atoms with E-state index in [-0.39, 0.29) is 0 Å². The highest BCUT2D eigenvalue weighted by Crippen LogP contribution is 2.47. The minimum absolute atomic E-state index is 0.531. The third kappa shape index (κ3) is 5.92. The van der Waals surface area contributed by atoms with Crippen LogP contribution in [0.3, 0.4) is 0 Å². The van der Waals surface area contributed by atoms with Crippen molar-refractivity contribution in [2.75, 3.05) is 26.2 Å². The molecule has 5 nitrogen and oxygen atoms in total. The summed E-state index contributed by atoms with van der Waals surface area (Å²) in [5.41, 5.74) is 1.44. The molecule has 0 radical (unpaired) electrons. The number of furan rings is 1. The number of hydrogen-bond donors (Lipinski definition) is 2. The van der Waals surface area contributed by atoms with Gasteiger partial charge in [0.1, 0.15) is 12.4 Å². The first-order valence-electron chi connectivity index (χ1n) is 9.54. The summed E-state index contributed by atoms with van der Waals surface area (Å²) in [5, 5.41) is 6.70. The van der Waals surface area contributed by atoms with E-state index in [1.807, 2.05) is 12.1 Å². The van der Waals surface area contributed by atoms with Gasteiger partial charge < -0.3 is 19.8 Å². The highest BCUT2D eigenvalue weighted by Gasteiger charge is 2.37. The van der Waals surface area contributed by atoms with E-state index < -0.39 is 0 Å². The number of guanidine groups is 1. The fraction of sp³-hybridized carbons (Fsp3) is 0.476. The molecular weight excluding hydrogens is 326 g/mol. The van der Waals surface area contributed by atoms with Crippen molar-refractivity contribution in [1.82, 2.24) is 10.6 Å². The second kappa shape index (κ2) is 10.0. The van der Waals surface area contributed by atoms with Crippen molar-refractivity contribution >= 4 is 5.96 Å². The van der Waals surface area contributed by atoms with Crippen LogP contribution in [0.1, 0.15) is 37.0 Å². The van der Waals surface area contributed by atoms with Gasteiger partial charge in [-0.15, -0.1) is 0 Å². The lowest BCUT2D eigenvalue weighted by molar-refractivity contribution is 0.105. The summed E-state index contributed by atoms with van der Waals surface area (Å²) in [6.45, 7) is 5.91. The fourth-order valence-corrected chi connectivity index (χ4v) is 3.06. The second-order valence-electron chi connectivity index (χ2n) is 6.64. The first-order chi connectivity index (χ1) is 12.9. The van der Waals surface area contributed by atoms with Crippen LogP contribution in [-0.2, 0) is 11.3 Å². The predicted molar refractivity (Wildman–Crippen MR) is 104 cm³/mol. The number of aliphatic imine (C=N–C) groups is 1. The summed E-state index contributed by atoms with van der Waals surface area (Å²) in [7, 11) is 0. The van der Waals surface area contributed by atoms with E-state index in [1.54, 1.807) is 6.26 Å². The van der Waals surface area contributed by atoms with Gasteiger partial charge in [0, 0.05) is 26.2 Å². The molecule has 2 aromatic rings. The van der Waals surface area contributed by atoms with Gasteiger partial charge >= 0.3 is 0 Å². The molecule has 0 spiro atoms. The first kappa shape index (κ1) is 18.5. The van der Waals surface area contributed by atoms with E-state index >= 15 is 0 Å². The van der Waals surface area contributed by atoms with Gasteiger partial charge in [-0.3, -0.25) is 4.99 Å². The van der Waals surface area contributed by atoms with Crippen LogP contribution in [0.5, 0.6) is 0 Å². The van der Waals surface area contributed by atoms with Gasteiger partial charge in [-0.1, -0.05) is 30.3 Å². The summed E-state index contributed by atoms with van der Waals surface area (Å²) in [4.78, 5) is 4.75. The summed E-state index contributed by atoms with van der Waals surface area (Å²) in [5.74, 6) is 3.12. The minimum Gasteiger partial charge on any atom is -0.467 e. The summed E-state index contributed by atoms with van der Waals surface area (Å²) in [6.07, 6.45) is 3.84. The Kier molecular flexibility index (Phi) is 7.14. The predicted octanol–water partition coefficient (Wildman–Crippen LogP) is 3.55. The summed E-state index contributed by atoms with van der Waals surface area (Å²) in [6, 6.07) is 14.6. The highest BCUT2D eigenvalue weighted by atomic mass is 16.5. The van der Waals surface area contributed by atoms with Crippen LogP contribution in [0.25, 0.3) is 0 Å². The van der Waals surface area contributed by atoms with Gasteiger partial charge in [-0.05, 0) is 49.3 Å². The fourth-order valence-electron chi connectivity index (χ4n) is 3.06. The first-order valence-corrected chi connectivity index (χ1v) is 9.54. The average molecular weight is 355 g/mol. The van der Waals surface area contributed by atoms with E-state index in [2.05, 4.69) is 47.9 Å². The lowest BCUT2D eigenvalue weighted by atomic mass is 10.1. The largest absolute Gasteiger partial charge is 0.467 e. The molecule has 26 heavy (non-hydrogen) atoms. The molecule has 2 unspecified atom stereocenters. The lowest BCUT2D eigenvalue weighted by Crippen LogP contribution is -2.38. The molecular formula is C21H29N3O2. The quantitative estimate of drug-likeness (QED) is 0.389. The van der Waals surface area contributed by atoms with Crippen LogP contribution < -0.4 is 10.6 Å². The van der Waals surface area contributed by atoms with E-state index in [9.17, 15) is 0 Å². The smallest absolute Gasteiger partial charge is 0.191 e. The molecule has 1 saturated carbocycles. The molecule has 1 aliphatic carbocycles. The van der Waals surface area contributed by atoms with Crippen LogP contribution in [0.2, 0.25) is 0 Å². The summed E-state index contributed by atoms with van der Waals surface area (Å²) >= 11 is 0. The van der Waals surface area contributed by atoms with Gasteiger partial charge in [0.05, 0.1) is 6.26 Å². The molecule has 1 aromatic heterocycles. The maximum absolute atomic E-state index is 5.60. The molecule has 1 aliphatic rings. The zero-order valence-electron chi connectivity index (χ0n) is 15.5. The van der Waals surface area contributed by atoms with Crippen LogP contribution in [0, 0.1) is 5.92 Å². The SMILES string of the molecule is CCNC(=NCC1CC1c1ccccc1)NCCCOCc1ccco1. The monoisotopic (exact) mass is 355 g/mol. The van der Waals surface area contributed by atoms with Crippen molar-refractivity contribution in [3.8, 4) is 0 Å². The average Bonchev–Trinajstić information content (AvgIpc) is 3.27. The number of hydrogen-bond acceptors (Lipinski definition) is 3. The third-order valence-corrected chi connectivity index (χ3v) is 4.56. The standard InChI is InChI=1S/C21H29N3O2/c1-2-22-21(23-11-7-12-25-16-19-10-6-13-26-19)24-15-18-14-20(18)17-8-4-3-5-9-17/h3-6,8-10,13,18,20H,2,7,11-12,14-16H2,1H3,(H2,22,23,24). The normalized spacial score (nSPS) is 19.3. The molecule has 0 aliphatic heterocycles. The number of rotatable bonds is 10. The van der Waals surface area contributed by atoms with E-state index in [4.69, 9.17) is 14.1 Å². The molecule has 0 saturated heterocycles. The van der Waals surface area contributed by atoms with Crippen molar-refractivity contribution in [1.29, 1.82) is 0 Å². The Hall–Kier alpha value is -2.27. The Balaban J connectivity index is 1.32. The van der Waals surface area contributed by atoms with Crippen LogP contribution >= 0.6 is 0 Å². The number of nitrogens with one attached hydrogen (secondary N) is 2. The maximum Gasteiger partial charge on any atom is 0.191 e. The summed E-state index contributed by atoms with van der Waals surface area (Å²) < 4.78 is 10.8. The molecule has 1 aromatic carbocycles. The lowest BCUT2D eigenvalue weighted by Gasteiger charge is -2.11. The molecule has 1 heterocycles. The van der Waals surface area contributed by atoms with Crippen molar-refractivity contribution in [3.63, 3.8) is 0 Å². The Morgan fingerprint density at radius 3 is 2.85 bits per heavy atom. The Morgan fingerprint density at radius 1 is 1.19 bits per heavy atom. The van der Waals surface area contributed by atoms with E-state index in [0.29, 0.717) is 25.0 Å². The number of benzene rings is 1. The van der Waals surface area contributed by atoms with Gasteiger partial charge in [0.25, 0.3) is 0 Å². The second-order valence-corrected chi connectivity index (χ2v) is 6.64. The van der Waals surface area contributed by atoms with Gasteiger partial charge in [-0.2, -0.15) is 0 Å². The minimum atomic E-state index is 0.531. The molecule has 5 heteroatoms. The maximum atomic E-state index is 5.60. The van der Waals surface area contributed by atoms with Crippen LogP contribution in [-0.4, -0.2) is 32.2 Å². The van der Waals surface area contributed by atoms with Gasteiger partial charge in [-0.25, -0.2) is 0 Å². The van der Waals surface area contributed by atoms with Crippen molar-refractivity contribution < 1.29 is 9.15 Å². The molecule has 0 amide bonds. The zero-order valence-corrected chi connectivity index (χ0v) is 15.5. The number of nitrogens with zero attached hydrogens (tertiary/aromatic N) is 1. The number of ether oxygens (including phenoxy) is 1. The molecule has 2 N–H and O–H groups in total. The molecule has 0 bridgehead atoms. The van der Waals surface area contributed by atoms with Crippen LogP contribution in [0.15, 0.2) is 58.1 Å². The Morgan fingerprint density at radius 2 is 2.08 bits per heavy atom. The van der Waals surface area contributed by atoms with E-state index in [0.717, 1.165) is 37.8 Å². The molecule has 2 atom stereocenters. The molecule has 3 rings (SSSR count). The topological polar surface area (TPSA) is 58.8 Å². The van der Waals surface area contributed by atoms with Crippen LogP contribution in [0.4, 0.5) is 0 Å². The van der Waals surface area contributed by atoms with E-state index in [1.165, 1.54) is 12.0 Å². The van der Waals surface area contributed by atoms with Crippen molar-refractivity contribution in [2.24, 2.45) is 10.9 Å². The third-order valence-electron chi connectivity index (χ3n) is 4.56. The van der Waals surface area contributed by atoms with Gasteiger partial charge in [0.15, 0.2) is 5.96 Å². The highest BCUT2D eigenvalue weighted by molar-refractivity contribution is 5.79. The van der Waals surface area contributed by atoms with Crippen molar-refractivity contribution in [2.45, 2.75) is 32.3 Å². The Bertz CT molecular complexity index is 655. The van der Waals surface area contributed by atoms with Crippen molar-refractivity contribution in [3.05, 3.63) is 60.1 Å². The zero-order chi connectivity index (χ0) is 18.0. The molecule has 1 fully saturated rings. The molecule has 140 valence electrons. The van der Waals surface area contributed by atoms with Gasteiger partial charge in [0.2, 0.25) is 0 Å². The Labute approximate surface area is 155 Å².